The summed E-state index contributed by atoms with van der Waals surface area (Å²) in [6.07, 6.45) is 0.881. The number of ether oxygens (including phenoxy) is 2. The lowest BCUT2D eigenvalue weighted by Crippen LogP contribution is -2.07. The molecular formula is C13H18O4. The molecule has 0 aliphatic carbocycles. The fourth-order valence-corrected chi connectivity index (χ4v) is 1.38. The van der Waals surface area contributed by atoms with Crippen molar-refractivity contribution in [1.29, 1.82) is 0 Å². The molecule has 4 heteroatoms. The highest BCUT2D eigenvalue weighted by Gasteiger charge is 2.09. The van der Waals surface area contributed by atoms with Gasteiger partial charge in [-0.1, -0.05) is 13.0 Å². The predicted octanol–water partition coefficient (Wildman–Crippen LogP) is 1.94. The van der Waals surface area contributed by atoms with E-state index in [-0.39, 0.29) is 12.6 Å². The molecule has 0 aromatic heterocycles. The Kier molecular flexibility index (Phi) is 5.49. The first-order valence-electron chi connectivity index (χ1n) is 5.78. The SMILES string of the molecule is CCOc1cc(CCO)ccc1OC(=O)CC. The molecule has 17 heavy (non-hydrogen) atoms. The van der Waals surface area contributed by atoms with Gasteiger partial charge in [-0.15, -0.1) is 0 Å². The Morgan fingerprint density at radius 2 is 2.06 bits per heavy atom. The molecule has 0 amide bonds. The average molecular weight is 238 g/mol. The molecule has 0 saturated carbocycles. The maximum Gasteiger partial charge on any atom is 0.311 e. The van der Waals surface area contributed by atoms with Gasteiger partial charge in [0.1, 0.15) is 0 Å². The molecule has 0 saturated heterocycles. The number of benzene rings is 1. The quantitative estimate of drug-likeness (QED) is 0.608. The Hall–Kier alpha value is -1.55. The lowest BCUT2D eigenvalue weighted by molar-refractivity contribution is -0.134. The summed E-state index contributed by atoms with van der Waals surface area (Å²) in [5, 5.41) is 8.87. The second-order valence-electron chi connectivity index (χ2n) is 3.52. The minimum atomic E-state index is -0.291. The van der Waals surface area contributed by atoms with Gasteiger partial charge in [0.05, 0.1) is 6.61 Å². The van der Waals surface area contributed by atoms with Crippen LogP contribution in [0.3, 0.4) is 0 Å². The van der Waals surface area contributed by atoms with E-state index in [0.29, 0.717) is 30.9 Å². The topological polar surface area (TPSA) is 55.8 Å². The predicted molar refractivity (Wildman–Crippen MR) is 64.3 cm³/mol. The van der Waals surface area contributed by atoms with E-state index in [0.717, 1.165) is 5.56 Å². The van der Waals surface area contributed by atoms with Crippen molar-refractivity contribution in [3.8, 4) is 11.5 Å². The third-order valence-electron chi connectivity index (χ3n) is 2.22. The first-order chi connectivity index (χ1) is 8.21. The first kappa shape index (κ1) is 13.5. The van der Waals surface area contributed by atoms with Gasteiger partial charge in [0.15, 0.2) is 11.5 Å². The highest BCUT2D eigenvalue weighted by molar-refractivity contribution is 5.72. The van der Waals surface area contributed by atoms with E-state index in [1.807, 2.05) is 13.0 Å². The summed E-state index contributed by atoms with van der Waals surface area (Å²) in [5.41, 5.74) is 0.951. The molecule has 1 N–H and O–H groups in total. The van der Waals surface area contributed by atoms with Crippen LogP contribution in [0.15, 0.2) is 18.2 Å². The van der Waals surface area contributed by atoms with Crippen LogP contribution in [0.4, 0.5) is 0 Å². The second-order valence-corrected chi connectivity index (χ2v) is 3.52. The van der Waals surface area contributed by atoms with E-state index in [1.165, 1.54) is 0 Å². The fraction of sp³-hybridized carbons (Fsp3) is 0.462. The molecule has 0 spiro atoms. The second kappa shape index (κ2) is 6.91. The van der Waals surface area contributed by atoms with E-state index < -0.39 is 0 Å². The summed E-state index contributed by atoms with van der Waals surface area (Å²) in [6, 6.07) is 5.30. The summed E-state index contributed by atoms with van der Waals surface area (Å²) in [7, 11) is 0. The molecule has 0 unspecified atom stereocenters. The molecule has 4 nitrogen and oxygen atoms in total. The Morgan fingerprint density at radius 1 is 1.29 bits per heavy atom. The standard InChI is InChI=1S/C13H18O4/c1-3-13(15)17-11-6-5-10(7-8-14)9-12(11)16-4-2/h5-6,9,14H,3-4,7-8H2,1-2H3. The van der Waals surface area contributed by atoms with E-state index in [9.17, 15) is 4.79 Å². The van der Waals surface area contributed by atoms with Crippen LogP contribution < -0.4 is 9.47 Å². The third-order valence-corrected chi connectivity index (χ3v) is 2.22. The largest absolute Gasteiger partial charge is 0.490 e. The number of carbonyl (C=O) groups is 1. The van der Waals surface area contributed by atoms with Gasteiger partial charge in [-0.25, -0.2) is 0 Å². The van der Waals surface area contributed by atoms with Crippen LogP contribution in [-0.4, -0.2) is 24.3 Å². The van der Waals surface area contributed by atoms with Crippen molar-refractivity contribution >= 4 is 5.97 Å². The summed E-state index contributed by atoms with van der Waals surface area (Å²) in [6.45, 7) is 4.19. The van der Waals surface area contributed by atoms with Gasteiger partial charge >= 0.3 is 5.97 Å². The van der Waals surface area contributed by atoms with Crippen LogP contribution in [-0.2, 0) is 11.2 Å². The molecule has 0 bridgehead atoms. The van der Waals surface area contributed by atoms with Crippen molar-refractivity contribution in [3.63, 3.8) is 0 Å². The maximum atomic E-state index is 11.2. The Bertz CT molecular complexity index is 374. The summed E-state index contributed by atoms with van der Waals surface area (Å²) < 4.78 is 10.6. The normalized spacial score (nSPS) is 10.1. The molecule has 1 aromatic carbocycles. The molecule has 0 atom stereocenters. The van der Waals surface area contributed by atoms with Crippen molar-refractivity contribution in [2.24, 2.45) is 0 Å². The minimum Gasteiger partial charge on any atom is -0.490 e. The minimum absolute atomic E-state index is 0.0830. The highest BCUT2D eigenvalue weighted by atomic mass is 16.6. The van der Waals surface area contributed by atoms with Gasteiger partial charge in [-0.3, -0.25) is 4.79 Å². The van der Waals surface area contributed by atoms with Crippen LogP contribution in [0, 0.1) is 0 Å². The van der Waals surface area contributed by atoms with Crippen molar-refractivity contribution < 1.29 is 19.4 Å². The molecule has 0 radical (unpaired) electrons. The molecule has 0 fully saturated rings. The van der Waals surface area contributed by atoms with Crippen LogP contribution in [0.25, 0.3) is 0 Å². The monoisotopic (exact) mass is 238 g/mol. The van der Waals surface area contributed by atoms with Crippen LogP contribution in [0.1, 0.15) is 25.8 Å². The van der Waals surface area contributed by atoms with Gasteiger partial charge in [0, 0.05) is 13.0 Å². The van der Waals surface area contributed by atoms with Crippen molar-refractivity contribution in [2.45, 2.75) is 26.7 Å². The number of esters is 1. The van der Waals surface area contributed by atoms with E-state index >= 15 is 0 Å². The number of aliphatic hydroxyl groups excluding tert-OH is 1. The molecule has 1 rings (SSSR count). The van der Waals surface area contributed by atoms with Gasteiger partial charge in [0.25, 0.3) is 0 Å². The van der Waals surface area contributed by atoms with Crippen LogP contribution in [0.5, 0.6) is 11.5 Å². The molecule has 0 aliphatic rings. The Morgan fingerprint density at radius 3 is 2.65 bits per heavy atom. The van der Waals surface area contributed by atoms with Crippen molar-refractivity contribution in [3.05, 3.63) is 23.8 Å². The Labute approximate surface area is 101 Å². The fourth-order valence-electron chi connectivity index (χ4n) is 1.38. The smallest absolute Gasteiger partial charge is 0.311 e. The number of hydrogen-bond donors (Lipinski definition) is 1. The molecular weight excluding hydrogens is 220 g/mol. The van der Waals surface area contributed by atoms with Gasteiger partial charge in [0.2, 0.25) is 0 Å². The maximum absolute atomic E-state index is 11.2. The average Bonchev–Trinajstić information content (AvgIpc) is 2.33. The van der Waals surface area contributed by atoms with Crippen molar-refractivity contribution in [2.75, 3.05) is 13.2 Å². The zero-order valence-electron chi connectivity index (χ0n) is 10.2. The van der Waals surface area contributed by atoms with E-state index in [1.54, 1.807) is 19.1 Å². The molecule has 0 heterocycles. The summed E-state index contributed by atoms with van der Waals surface area (Å²) in [4.78, 5) is 11.2. The third kappa shape index (κ3) is 4.07. The highest BCUT2D eigenvalue weighted by Crippen LogP contribution is 2.29. The lowest BCUT2D eigenvalue weighted by Gasteiger charge is -2.11. The molecule has 1 aromatic rings. The van der Waals surface area contributed by atoms with Gasteiger partial charge in [-0.2, -0.15) is 0 Å². The number of aliphatic hydroxyl groups is 1. The van der Waals surface area contributed by atoms with E-state index in [4.69, 9.17) is 14.6 Å². The number of rotatable bonds is 6. The summed E-state index contributed by atoms with van der Waals surface area (Å²) >= 11 is 0. The first-order valence-corrected chi connectivity index (χ1v) is 5.78. The van der Waals surface area contributed by atoms with Gasteiger partial charge < -0.3 is 14.6 Å². The number of carbonyl (C=O) groups excluding carboxylic acids is 1. The molecule has 94 valence electrons. The number of hydrogen-bond acceptors (Lipinski definition) is 4. The zero-order chi connectivity index (χ0) is 12.7. The van der Waals surface area contributed by atoms with Crippen LogP contribution in [0.2, 0.25) is 0 Å². The zero-order valence-corrected chi connectivity index (χ0v) is 10.2. The van der Waals surface area contributed by atoms with E-state index in [2.05, 4.69) is 0 Å². The summed E-state index contributed by atoms with van der Waals surface area (Å²) in [5.74, 6) is 0.682. The van der Waals surface area contributed by atoms with Gasteiger partial charge in [-0.05, 0) is 31.0 Å². The van der Waals surface area contributed by atoms with Crippen LogP contribution >= 0.6 is 0 Å². The molecule has 0 aliphatic heterocycles. The lowest BCUT2D eigenvalue weighted by atomic mass is 10.1. The van der Waals surface area contributed by atoms with Crippen molar-refractivity contribution in [1.82, 2.24) is 0 Å². The Balaban J connectivity index is 2.90.